The number of aromatic nitrogens is 1. The smallest absolute Gasteiger partial charge is 0.413 e. The fraction of sp³-hybridized carbons (Fsp3) is 0.222. The van der Waals surface area contributed by atoms with Gasteiger partial charge in [-0.1, -0.05) is 11.5 Å². The first-order valence-electron chi connectivity index (χ1n) is 4.58. The van der Waals surface area contributed by atoms with E-state index in [-0.39, 0.29) is 11.7 Å². The molecule has 5 nitrogen and oxygen atoms in total. The van der Waals surface area contributed by atoms with E-state index in [1.54, 1.807) is 19.1 Å². The second-order valence-corrected chi connectivity index (χ2v) is 3.18. The molecule has 7 heteroatoms. The van der Waals surface area contributed by atoms with E-state index in [1.165, 1.54) is 6.20 Å². The summed E-state index contributed by atoms with van der Waals surface area (Å²) in [4.78, 5) is 15.0. The molecule has 1 aromatic heterocycles. The second kappa shape index (κ2) is 6.07. The van der Waals surface area contributed by atoms with Gasteiger partial charge in [0.1, 0.15) is 13.7 Å². The summed E-state index contributed by atoms with van der Waals surface area (Å²) < 4.78 is 4.65. The molecule has 16 heavy (non-hydrogen) atoms. The van der Waals surface area contributed by atoms with Gasteiger partial charge in [-0.3, -0.25) is 5.32 Å². The van der Waals surface area contributed by atoms with Crippen LogP contribution in [0, 0.1) is 0 Å². The number of thiocarbonyl (C=S) groups is 1. The molecule has 0 aliphatic heterocycles. The average molecular weight is 235 g/mol. The van der Waals surface area contributed by atoms with Gasteiger partial charge in [-0.05, 0) is 25.2 Å². The first-order valence-corrected chi connectivity index (χ1v) is 4.99. The molecular weight excluding hydrogens is 225 g/mol. The van der Waals surface area contributed by atoms with Crippen LogP contribution in [0.4, 0.5) is 10.6 Å². The number of nitrogens with zero attached hydrogens (tertiary/aromatic N) is 1. The van der Waals surface area contributed by atoms with Crippen LogP contribution < -0.4 is 16.1 Å². The van der Waals surface area contributed by atoms with E-state index in [0.717, 1.165) is 0 Å². The number of carbonyl (C=O) groups excluding carboxylic acids is 1. The van der Waals surface area contributed by atoms with Crippen LogP contribution in [0.3, 0.4) is 0 Å². The zero-order chi connectivity index (χ0) is 12.0. The first-order chi connectivity index (χ1) is 7.61. The van der Waals surface area contributed by atoms with Crippen molar-refractivity contribution in [3.63, 3.8) is 0 Å². The van der Waals surface area contributed by atoms with Crippen molar-refractivity contribution in [3.8, 4) is 0 Å². The Morgan fingerprint density at radius 2 is 2.38 bits per heavy atom. The quantitative estimate of drug-likeness (QED) is 0.570. The third-order valence-corrected chi connectivity index (χ3v) is 1.72. The lowest BCUT2D eigenvalue weighted by molar-refractivity contribution is 0.158. The Hall–Kier alpha value is -1.63. The van der Waals surface area contributed by atoms with Gasteiger partial charge < -0.3 is 10.1 Å². The molecule has 2 N–H and O–H groups in total. The van der Waals surface area contributed by atoms with Gasteiger partial charge in [-0.25, -0.2) is 9.78 Å². The van der Waals surface area contributed by atoms with Crippen molar-refractivity contribution in [2.75, 3.05) is 11.9 Å². The van der Waals surface area contributed by atoms with Gasteiger partial charge in [0.2, 0.25) is 0 Å². The number of anilines is 1. The van der Waals surface area contributed by atoms with E-state index in [4.69, 9.17) is 20.1 Å². The molecule has 0 saturated heterocycles. The molecule has 1 rings (SSSR count). The maximum absolute atomic E-state index is 11.0. The van der Waals surface area contributed by atoms with E-state index in [2.05, 4.69) is 20.4 Å². The van der Waals surface area contributed by atoms with Crippen molar-refractivity contribution < 1.29 is 9.53 Å². The van der Waals surface area contributed by atoms with Crippen molar-refractivity contribution in [2.45, 2.75) is 6.92 Å². The molecule has 0 unspecified atom stereocenters. The van der Waals surface area contributed by atoms with Crippen LogP contribution in [0.25, 0.3) is 0 Å². The zero-order valence-corrected chi connectivity index (χ0v) is 9.50. The molecule has 2 radical (unpaired) electrons. The molecule has 1 amide bonds. The summed E-state index contributed by atoms with van der Waals surface area (Å²) in [6, 6.07) is 3.32. The van der Waals surface area contributed by atoms with E-state index in [0.29, 0.717) is 11.3 Å². The normalized spacial score (nSPS) is 9.31. The van der Waals surface area contributed by atoms with Gasteiger partial charge in [-0.2, -0.15) is 0 Å². The van der Waals surface area contributed by atoms with Gasteiger partial charge in [-0.15, -0.1) is 0 Å². The summed E-state index contributed by atoms with van der Waals surface area (Å²) in [6.45, 7) is 1.99. The summed E-state index contributed by atoms with van der Waals surface area (Å²) in [5.41, 5.74) is 0.551. The molecule has 0 aliphatic rings. The van der Waals surface area contributed by atoms with Crippen molar-refractivity contribution >= 4 is 42.6 Å². The van der Waals surface area contributed by atoms with Crippen molar-refractivity contribution in [1.82, 2.24) is 10.3 Å². The molecule has 0 saturated carbocycles. The predicted molar refractivity (Wildman–Crippen MR) is 66.0 cm³/mol. The number of hydrogen-bond acceptors (Lipinski definition) is 4. The number of carbonyl (C=O) groups is 1. The lowest BCUT2D eigenvalue weighted by atomic mass is 9.99. The highest BCUT2D eigenvalue weighted by Gasteiger charge is 2.04. The number of nitrogens with one attached hydrogen (secondary N) is 2. The number of amides is 1. The summed E-state index contributed by atoms with van der Waals surface area (Å²) >= 11 is 4.86. The number of rotatable bonds is 2. The third kappa shape index (κ3) is 4.27. The molecule has 1 aromatic rings. The molecule has 0 atom stereocenters. The largest absolute Gasteiger partial charge is 0.450 e. The Morgan fingerprint density at radius 1 is 1.62 bits per heavy atom. The lowest BCUT2D eigenvalue weighted by Gasteiger charge is -2.08. The minimum atomic E-state index is -0.601. The molecule has 0 aromatic carbocycles. The molecule has 0 bridgehead atoms. The maximum atomic E-state index is 11.0. The highest BCUT2D eigenvalue weighted by atomic mass is 32.1. The van der Waals surface area contributed by atoms with Crippen LogP contribution in [0.2, 0.25) is 0 Å². The van der Waals surface area contributed by atoms with Crippen LogP contribution in [-0.4, -0.2) is 30.6 Å². The summed E-state index contributed by atoms with van der Waals surface area (Å²) in [6.07, 6.45) is 0.880. The minimum Gasteiger partial charge on any atom is -0.450 e. The monoisotopic (exact) mass is 235 g/mol. The van der Waals surface area contributed by atoms with Gasteiger partial charge in [0.25, 0.3) is 0 Å². The third-order valence-electron chi connectivity index (χ3n) is 1.52. The van der Waals surface area contributed by atoms with E-state index in [9.17, 15) is 4.79 Å². The molecule has 0 aliphatic carbocycles. The topological polar surface area (TPSA) is 63.2 Å². The SMILES string of the molecule is [B]c1ccc(NC(=S)NC(=O)OCC)nc1. The number of alkyl carbamates (subject to hydrolysis) is 1. The number of ether oxygens (including phenoxy) is 1. The van der Waals surface area contributed by atoms with Gasteiger partial charge >= 0.3 is 6.09 Å². The first kappa shape index (κ1) is 12.4. The average Bonchev–Trinajstić information content (AvgIpc) is 2.21. The maximum Gasteiger partial charge on any atom is 0.413 e. The Bertz CT molecular complexity index is 383. The van der Waals surface area contributed by atoms with Gasteiger partial charge in [0, 0.05) is 6.20 Å². The van der Waals surface area contributed by atoms with Crippen molar-refractivity contribution in [2.24, 2.45) is 0 Å². The van der Waals surface area contributed by atoms with Crippen LogP contribution >= 0.6 is 12.2 Å². The Kier molecular flexibility index (Phi) is 4.72. The molecule has 0 fully saturated rings. The van der Waals surface area contributed by atoms with Crippen LogP contribution in [0.1, 0.15) is 6.92 Å². The predicted octanol–water partition coefficient (Wildman–Crippen LogP) is 0.318. The molecule has 82 valence electrons. The summed E-state index contributed by atoms with van der Waals surface area (Å²) in [7, 11) is 5.46. The van der Waals surface area contributed by atoms with Crippen molar-refractivity contribution in [1.29, 1.82) is 0 Å². The van der Waals surface area contributed by atoms with E-state index >= 15 is 0 Å². The Labute approximate surface area is 100.0 Å². The molecule has 0 spiro atoms. The fourth-order valence-corrected chi connectivity index (χ4v) is 1.07. The van der Waals surface area contributed by atoms with Gasteiger partial charge in [0.05, 0.1) is 6.61 Å². The molecular formula is C9H10BN3O2S. The Morgan fingerprint density at radius 3 is 2.94 bits per heavy atom. The fourth-order valence-electron chi connectivity index (χ4n) is 0.887. The molecule has 1 heterocycles. The summed E-state index contributed by atoms with van der Waals surface area (Å²) in [5, 5.41) is 5.16. The highest BCUT2D eigenvalue weighted by Crippen LogP contribution is 1.97. The van der Waals surface area contributed by atoms with Crippen LogP contribution in [-0.2, 0) is 4.74 Å². The van der Waals surface area contributed by atoms with Crippen LogP contribution in [0.15, 0.2) is 18.3 Å². The summed E-state index contributed by atoms with van der Waals surface area (Å²) in [5.74, 6) is 0.496. The van der Waals surface area contributed by atoms with Crippen molar-refractivity contribution in [3.05, 3.63) is 18.3 Å². The highest BCUT2D eigenvalue weighted by molar-refractivity contribution is 7.80. The van der Waals surface area contributed by atoms with Gasteiger partial charge in [0.15, 0.2) is 5.11 Å². The Balaban J connectivity index is 2.45. The lowest BCUT2D eigenvalue weighted by Crippen LogP contribution is -2.34. The van der Waals surface area contributed by atoms with Crippen LogP contribution in [0.5, 0.6) is 0 Å². The number of pyridine rings is 1. The standard InChI is InChI=1S/C9H10BN3O2S/c1-2-15-9(14)13-8(16)12-7-4-3-6(10)5-11-7/h3-5H,2H2,1H3,(H2,11,12,13,14,16). The minimum absolute atomic E-state index is 0.121. The zero-order valence-electron chi connectivity index (χ0n) is 8.69. The number of hydrogen-bond donors (Lipinski definition) is 2. The van der Waals surface area contributed by atoms with E-state index in [1.807, 2.05) is 0 Å². The van der Waals surface area contributed by atoms with E-state index < -0.39 is 6.09 Å². The second-order valence-electron chi connectivity index (χ2n) is 2.78.